The predicted octanol–water partition coefficient (Wildman–Crippen LogP) is 1.92. The number of fused-ring (bicyclic) bond motifs is 1. The van der Waals surface area contributed by atoms with Crippen molar-refractivity contribution >= 4 is 16.6 Å². The lowest BCUT2D eigenvalue weighted by molar-refractivity contribution is 1.22. The van der Waals surface area contributed by atoms with Gasteiger partial charge in [0.15, 0.2) is 0 Å². The smallest absolute Gasteiger partial charge is 0.0867 e. The van der Waals surface area contributed by atoms with Crippen LogP contribution >= 0.6 is 0 Å². The number of hydrazone groups is 1. The molecule has 0 aliphatic carbocycles. The monoisotopic (exact) mass is 185 g/mol. The average molecular weight is 185 g/mol. The van der Waals surface area contributed by atoms with Gasteiger partial charge in [0.25, 0.3) is 0 Å². The molecule has 0 saturated heterocycles. The maximum absolute atomic E-state index is 5.20. The SMILES string of the molecule is C/C(=N/N)c1ccc2ccccc2n1. The lowest BCUT2D eigenvalue weighted by Gasteiger charge is -2.00. The zero-order valence-corrected chi connectivity index (χ0v) is 7.94. The minimum Gasteiger partial charge on any atom is -0.323 e. The second kappa shape index (κ2) is 3.46. The number of rotatable bonds is 1. The fourth-order valence-electron chi connectivity index (χ4n) is 1.33. The van der Waals surface area contributed by atoms with Crippen LogP contribution in [0.4, 0.5) is 0 Å². The lowest BCUT2D eigenvalue weighted by atomic mass is 10.2. The third-order valence-corrected chi connectivity index (χ3v) is 2.16. The summed E-state index contributed by atoms with van der Waals surface area (Å²) in [5.74, 6) is 5.20. The van der Waals surface area contributed by atoms with Crippen molar-refractivity contribution in [2.24, 2.45) is 10.9 Å². The summed E-state index contributed by atoms with van der Waals surface area (Å²) in [5.41, 5.74) is 2.54. The molecule has 1 heterocycles. The third kappa shape index (κ3) is 1.44. The van der Waals surface area contributed by atoms with E-state index in [1.165, 1.54) is 0 Å². The Morgan fingerprint density at radius 3 is 2.79 bits per heavy atom. The molecule has 70 valence electrons. The van der Waals surface area contributed by atoms with Crippen molar-refractivity contribution in [1.29, 1.82) is 0 Å². The molecule has 0 aliphatic heterocycles. The van der Waals surface area contributed by atoms with Gasteiger partial charge in [-0.3, -0.25) is 0 Å². The second-order valence-corrected chi connectivity index (χ2v) is 3.10. The van der Waals surface area contributed by atoms with E-state index < -0.39 is 0 Å². The number of hydrogen-bond acceptors (Lipinski definition) is 3. The van der Waals surface area contributed by atoms with Crippen molar-refractivity contribution in [3.05, 3.63) is 42.1 Å². The van der Waals surface area contributed by atoms with E-state index in [1.807, 2.05) is 43.3 Å². The Labute approximate surface area is 82.3 Å². The second-order valence-electron chi connectivity index (χ2n) is 3.10. The Kier molecular flexibility index (Phi) is 2.14. The minimum absolute atomic E-state index is 0.746. The summed E-state index contributed by atoms with van der Waals surface area (Å²) in [4.78, 5) is 4.44. The highest BCUT2D eigenvalue weighted by atomic mass is 15.1. The molecule has 2 aromatic rings. The summed E-state index contributed by atoms with van der Waals surface area (Å²) >= 11 is 0. The van der Waals surface area contributed by atoms with Crippen LogP contribution in [0.15, 0.2) is 41.5 Å². The molecule has 2 rings (SSSR count). The first-order chi connectivity index (χ1) is 6.81. The minimum atomic E-state index is 0.746. The quantitative estimate of drug-likeness (QED) is 0.419. The van der Waals surface area contributed by atoms with Crippen LogP contribution in [0, 0.1) is 0 Å². The molecule has 0 unspecified atom stereocenters. The zero-order valence-electron chi connectivity index (χ0n) is 7.94. The highest BCUT2D eigenvalue weighted by Crippen LogP contribution is 2.11. The van der Waals surface area contributed by atoms with Gasteiger partial charge in [-0.25, -0.2) is 4.98 Å². The molecule has 0 spiro atoms. The first-order valence-corrected chi connectivity index (χ1v) is 4.42. The van der Waals surface area contributed by atoms with Crippen molar-refractivity contribution in [3.63, 3.8) is 0 Å². The maximum Gasteiger partial charge on any atom is 0.0867 e. The number of pyridine rings is 1. The third-order valence-electron chi connectivity index (χ3n) is 2.16. The van der Waals surface area contributed by atoms with Gasteiger partial charge in [-0.2, -0.15) is 5.10 Å². The first kappa shape index (κ1) is 8.69. The molecule has 0 fully saturated rings. The van der Waals surface area contributed by atoms with Crippen LogP contribution in [0.1, 0.15) is 12.6 Å². The standard InChI is InChI=1S/C11H11N3/c1-8(14-12)10-7-6-9-4-2-3-5-11(9)13-10/h2-7H,12H2,1H3/b14-8-. The number of nitrogens with two attached hydrogens (primary N) is 1. The molecule has 0 saturated carbocycles. The van der Waals surface area contributed by atoms with E-state index >= 15 is 0 Å². The van der Waals surface area contributed by atoms with Gasteiger partial charge in [-0.15, -0.1) is 0 Å². The maximum atomic E-state index is 5.20. The van der Waals surface area contributed by atoms with Gasteiger partial charge in [0, 0.05) is 5.39 Å². The van der Waals surface area contributed by atoms with E-state index in [-0.39, 0.29) is 0 Å². The van der Waals surface area contributed by atoms with Crippen LogP contribution in [-0.2, 0) is 0 Å². The molecule has 2 N–H and O–H groups in total. The lowest BCUT2D eigenvalue weighted by Crippen LogP contribution is -2.01. The molecule has 0 bridgehead atoms. The van der Waals surface area contributed by atoms with Gasteiger partial charge in [0.1, 0.15) is 0 Å². The van der Waals surface area contributed by atoms with Crippen LogP contribution in [0.25, 0.3) is 10.9 Å². The molecule has 0 amide bonds. The van der Waals surface area contributed by atoms with Crippen LogP contribution in [0.2, 0.25) is 0 Å². The Morgan fingerprint density at radius 2 is 2.00 bits per heavy atom. The summed E-state index contributed by atoms with van der Waals surface area (Å²) in [6, 6.07) is 11.9. The predicted molar refractivity (Wildman–Crippen MR) is 58.1 cm³/mol. The van der Waals surface area contributed by atoms with E-state index in [2.05, 4.69) is 10.1 Å². The van der Waals surface area contributed by atoms with Crippen molar-refractivity contribution in [1.82, 2.24) is 4.98 Å². The fourth-order valence-corrected chi connectivity index (χ4v) is 1.33. The molecule has 1 aromatic heterocycles. The van der Waals surface area contributed by atoms with Gasteiger partial charge < -0.3 is 5.84 Å². The van der Waals surface area contributed by atoms with Crippen molar-refractivity contribution < 1.29 is 0 Å². The van der Waals surface area contributed by atoms with Crippen molar-refractivity contribution in [2.45, 2.75) is 6.92 Å². The van der Waals surface area contributed by atoms with E-state index in [4.69, 9.17) is 5.84 Å². The normalized spacial score (nSPS) is 11.9. The van der Waals surface area contributed by atoms with E-state index in [1.54, 1.807) is 0 Å². The Balaban J connectivity index is 2.62. The first-order valence-electron chi connectivity index (χ1n) is 4.42. The zero-order chi connectivity index (χ0) is 9.97. The molecule has 0 atom stereocenters. The molecular formula is C11H11N3. The molecule has 0 aliphatic rings. The van der Waals surface area contributed by atoms with Crippen LogP contribution in [0.5, 0.6) is 0 Å². The molecule has 3 heteroatoms. The number of nitrogens with zero attached hydrogens (tertiary/aromatic N) is 2. The number of benzene rings is 1. The van der Waals surface area contributed by atoms with Gasteiger partial charge in [0.2, 0.25) is 0 Å². The summed E-state index contributed by atoms with van der Waals surface area (Å²) in [5, 5.41) is 4.75. The van der Waals surface area contributed by atoms with E-state index in [9.17, 15) is 0 Å². The van der Waals surface area contributed by atoms with Gasteiger partial charge in [-0.05, 0) is 19.1 Å². The van der Waals surface area contributed by atoms with Gasteiger partial charge >= 0.3 is 0 Å². The van der Waals surface area contributed by atoms with E-state index in [0.717, 1.165) is 22.3 Å². The summed E-state index contributed by atoms with van der Waals surface area (Å²) in [6.07, 6.45) is 0. The molecule has 1 aromatic carbocycles. The number of hydrogen-bond donors (Lipinski definition) is 1. The highest BCUT2D eigenvalue weighted by Gasteiger charge is 1.99. The molecule has 0 radical (unpaired) electrons. The van der Waals surface area contributed by atoms with Gasteiger partial charge in [-0.1, -0.05) is 24.3 Å². The average Bonchev–Trinajstić information content (AvgIpc) is 2.27. The largest absolute Gasteiger partial charge is 0.323 e. The van der Waals surface area contributed by atoms with Crippen LogP contribution < -0.4 is 5.84 Å². The van der Waals surface area contributed by atoms with Gasteiger partial charge in [0.05, 0.1) is 16.9 Å². The summed E-state index contributed by atoms with van der Waals surface area (Å²) < 4.78 is 0. The number of para-hydroxylation sites is 1. The molecule has 3 nitrogen and oxygen atoms in total. The van der Waals surface area contributed by atoms with Crippen molar-refractivity contribution in [2.75, 3.05) is 0 Å². The van der Waals surface area contributed by atoms with Crippen LogP contribution in [-0.4, -0.2) is 10.7 Å². The van der Waals surface area contributed by atoms with Crippen LogP contribution in [0.3, 0.4) is 0 Å². The topological polar surface area (TPSA) is 51.3 Å². The Bertz CT molecular complexity index is 489. The van der Waals surface area contributed by atoms with E-state index in [0.29, 0.717) is 0 Å². The summed E-state index contributed by atoms with van der Waals surface area (Å²) in [6.45, 7) is 1.84. The number of aromatic nitrogens is 1. The summed E-state index contributed by atoms with van der Waals surface area (Å²) in [7, 11) is 0. The highest BCUT2D eigenvalue weighted by molar-refractivity contribution is 5.98. The fraction of sp³-hybridized carbons (Fsp3) is 0.0909. The Hall–Kier alpha value is -1.90. The van der Waals surface area contributed by atoms with Crippen molar-refractivity contribution in [3.8, 4) is 0 Å². The molecule has 14 heavy (non-hydrogen) atoms. The Morgan fingerprint density at radius 1 is 1.21 bits per heavy atom. The molecular weight excluding hydrogens is 174 g/mol.